The molecule has 0 saturated heterocycles. The van der Waals surface area contributed by atoms with Crippen LogP contribution in [0, 0.1) is 0 Å². The monoisotopic (exact) mass is 189 g/mol. The van der Waals surface area contributed by atoms with Crippen LogP contribution in [0.5, 0.6) is 0 Å². The molecule has 1 aromatic rings. The number of rotatable bonds is 2. The van der Waals surface area contributed by atoms with E-state index in [-0.39, 0.29) is 12.6 Å². The smallest absolute Gasteiger partial charge is 0.423 e. The molecule has 5 nitrogen and oxygen atoms in total. The fourth-order valence-electron chi connectivity index (χ4n) is 1.58. The molecule has 1 aliphatic heterocycles. The van der Waals surface area contributed by atoms with Gasteiger partial charge in [-0.3, -0.25) is 0 Å². The first-order chi connectivity index (χ1) is 6.83. The van der Waals surface area contributed by atoms with Crippen LogP contribution < -0.4 is 5.46 Å². The molecule has 0 fully saturated rings. The summed E-state index contributed by atoms with van der Waals surface area (Å²) in [6.45, 7) is 0.213. The van der Waals surface area contributed by atoms with Crippen LogP contribution >= 0.6 is 0 Å². The summed E-state index contributed by atoms with van der Waals surface area (Å²) in [7, 11) is -0.898. The van der Waals surface area contributed by atoms with Gasteiger partial charge in [-0.1, -0.05) is 29.4 Å². The number of azide groups is 1. The first kappa shape index (κ1) is 9.08. The van der Waals surface area contributed by atoms with Gasteiger partial charge in [-0.2, -0.15) is 0 Å². The fourth-order valence-corrected chi connectivity index (χ4v) is 1.58. The van der Waals surface area contributed by atoms with Gasteiger partial charge in [0.2, 0.25) is 0 Å². The van der Waals surface area contributed by atoms with Crippen molar-refractivity contribution in [2.75, 3.05) is 6.54 Å². The molecule has 0 spiro atoms. The van der Waals surface area contributed by atoms with Gasteiger partial charge < -0.3 is 9.68 Å². The molecule has 1 aliphatic rings. The Bertz CT molecular complexity index is 392. The van der Waals surface area contributed by atoms with Gasteiger partial charge in [0, 0.05) is 4.91 Å². The molecule has 0 radical (unpaired) electrons. The van der Waals surface area contributed by atoms with E-state index in [1.807, 2.05) is 18.2 Å². The summed E-state index contributed by atoms with van der Waals surface area (Å²) in [5, 5.41) is 12.9. The summed E-state index contributed by atoms with van der Waals surface area (Å²) in [6.07, 6.45) is -0.322. The summed E-state index contributed by atoms with van der Waals surface area (Å²) in [6, 6.07) is 7.36. The van der Waals surface area contributed by atoms with Gasteiger partial charge in [0.25, 0.3) is 0 Å². The maximum atomic E-state index is 9.49. The molecule has 1 heterocycles. The van der Waals surface area contributed by atoms with E-state index in [2.05, 4.69) is 10.0 Å². The predicted octanol–water partition coefficient (Wildman–Crippen LogP) is 0.756. The van der Waals surface area contributed by atoms with Crippen LogP contribution in [0.2, 0.25) is 0 Å². The van der Waals surface area contributed by atoms with Gasteiger partial charge in [0.05, 0.1) is 12.6 Å². The van der Waals surface area contributed by atoms with Gasteiger partial charge in [-0.05, 0) is 16.6 Å². The molecular weight excluding hydrogens is 181 g/mol. The van der Waals surface area contributed by atoms with Crippen molar-refractivity contribution in [2.24, 2.45) is 5.11 Å². The number of benzene rings is 1. The Morgan fingerprint density at radius 1 is 1.57 bits per heavy atom. The molecule has 1 atom stereocenters. The minimum Gasteiger partial charge on any atom is -0.423 e. The average molecular weight is 189 g/mol. The molecule has 14 heavy (non-hydrogen) atoms. The fraction of sp³-hybridized carbons (Fsp3) is 0.250. The lowest BCUT2D eigenvalue weighted by molar-refractivity contribution is 0.198. The van der Waals surface area contributed by atoms with Gasteiger partial charge in [-0.25, -0.2) is 0 Å². The van der Waals surface area contributed by atoms with E-state index < -0.39 is 7.12 Å². The third-order valence-corrected chi connectivity index (χ3v) is 2.21. The highest BCUT2D eigenvalue weighted by Crippen LogP contribution is 2.23. The molecule has 1 N–H and O–H groups in total. The maximum Gasteiger partial charge on any atom is 0.491 e. The largest absolute Gasteiger partial charge is 0.491 e. The first-order valence-corrected chi connectivity index (χ1v) is 4.26. The van der Waals surface area contributed by atoms with Gasteiger partial charge in [0.1, 0.15) is 0 Å². The zero-order valence-corrected chi connectivity index (χ0v) is 7.37. The van der Waals surface area contributed by atoms with Crippen LogP contribution in [0.1, 0.15) is 11.7 Å². The summed E-state index contributed by atoms with van der Waals surface area (Å²) in [4.78, 5) is 2.66. The molecule has 0 aliphatic carbocycles. The second-order valence-electron chi connectivity index (χ2n) is 3.02. The number of hydrogen-bond donors (Lipinski definition) is 1. The topological polar surface area (TPSA) is 78.2 Å². The van der Waals surface area contributed by atoms with E-state index in [4.69, 9.17) is 10.2 Å². The quantitative estimate of drug-likeness (QED) is 0.322. The van der Waals surface area contributed by atoms with Crippen LogP contribution in [0.25, 0.3) is 10.4 Å². The molecular formula is C8H8BN3O2. The van der Waals surface area contributed by atoms with Crippen LogP contribution in [-0.2, 0) is 4.65 Å². The van der Waals surface area contributed by atoms with Crippen molar-refractivity contribution >= 4 is 12.6 Å². The highest BCUT2D eigenvalue weighted by Gasteiger charge is 2.33. The Morgan fingerprint density at radius 2 is 2.36 bits per heavy atom. The van der Waals surface area contributed by atoms with E-state index in [0.29, 0.717) is 0 Å². The molecule has 0 unspecified atom stereocenters. The van der Waals surface area contributed by atoms with E-state index in [1.165, 1.54) is 0 Å². The second-order valence-corrected chi connectivity index (χ2v) is 3.02. The normalized spacial score (nSPS) is 18.9. The van der Waals surface area contributed by atoms with Crippen molar-refractivity contribution in [3.63, 3.8) is 0 Å². The van der Waals surface area contributed by atoms with Crippen LogP contribution in [0.15, 0.2) is 29.4 Å². The highest BCUT2D eigenvalue weighted by atomic mass is 16.5. The summed E-state index contributed by atoms with van der Waals surface area (Å²) >= 11 is 0. The van der Waals surface area contributed by atoms with E-state index in [9.17, 15) is 5.02 Å². The lowest BCUT2D eigenvalue weighted by atomic mass is 9.79. The van der Waals surface area contributed by atoms with Crippen LogP contribution in [0.3, 0.4) is 0 Å². The van der Waals surface area contributed by atoms with Crippen LogP contribution in [-0.4, -0.2) is 18.7 Å². The maximum absolute atomic E-state index is 9.49. The Balaban J connectivity index is 2.29. The molecule has 6 heteroatoms. The van der Waals surface area contributed by atoms with Crippen molar-refractivity contribution < 1.29 is 9.68 Å². The molecule has 0 bridgehead atoms. The van der Waals surface area contributed by atoms with Crippen molar-refractivity contribution in [1.82, 2.24) is 0 Å². The van der Waals surface area contributed by atoms with Crippen LogP contribution in [0.4, 0.5) is 0 Å². The Hall–Kier alpha value is -1.49. The van der Waals surface area contributed by atoms with Gasteiger partial charge in [0.15, 0.2) is 0 Å². The van der Waals surface area contributed by atoms with E-state index >= 15 is 0 Å². The first-order valence-electron chi connectivity index (χ1n) is 4.26. The van der Waals surface area contributed by atoms with Crippen molar-refractivity contribution in [2.45, 2.75) is 6.10 Å². The van der Waals surface area contributed by atoms with E-state index in [0.717, 1.165) is 11.0 Å². The van der Waals surface area contributed by atoms with Crippen molar-refractivity contribution in [1.29, 1.82) is 0 Å². The van der Waals surface area contributed by atoms with Gasteiger partial charge in [-0.15, -0.1) is 0 Å². The molecule has 0 aromatic heterocycles. The molecule has 0 amide bonds. The molecule has 2 rings (SSSR count). The molecule has 70 valence electrons. The summed E-state index contributed by atoms with van der Waals surface area (Å²) in [5.74, 6) is 0. The van der Waals surface area contributed by atoms with E-state index in [1.54, 1.807) is 6.07 Å². The second kappa shape index (κ2) is 3.71. The SMILES string of the molecule is [N-]=[N+]=NC[C@H]1OB(O)c2ccccc21. The minimum atomic E-state index is -0.898. The van der Waals surface area contributed by atoms with Gasteiger partial charge >= 0.3 is 7.12 Å². The zero-order valence-electron chi connectivity index (χ0n) is 7.37. The standard InChI is InChI=1S/C8H8BN3O2/c10-12-11-5-8-6-3-1-2-4-7(6)9(13)14-8/h1-4,8,13H,5H2/t8-/m1/s1. The number of fused-ring (bicyclic) bond motifs is 1. The highest BCUT2D eigenvalue weighted by molar-refractivity contribution is 6.61. The third kappa shape index (κ3) is 1.46. The molecule has 0 saturated carbocycles. The third-order valence-electron chi connectivity index (χ3n) is 2.21. The van der Waals surface area contributed by atoms with Crippen molar-refractivity contribution in [3.8, 4) is 0 Å². The Kier molecular flexibility index (Phi) is 2.41. The molecule has 1 aromatic carbocycles. The van der Waals surface area contributed by atoms with Crippen molar-refractivity contribution in [3.05, 3.63) is 40.3 Å². The Labute approximate surface area is 81.1 Å². The predicted molar refractivity (Wildman–Crippen MR) is 51.9 cm³/mol. The number of hydrogen-bond acceptors (Lipinski definition) is 3. The Morgan fingerprint density at radius 3 is 3.14 bits per heavy atom. The zero-order chi connectivity index (χ0) is 9.97. The summed E-state index contributed by atoms with van der Waals surface area (Å²) < 4.78 is 5.22. The summed E-state index contributed by atoms with van der Waals surface area (Å²) in [5.41, 5.74) is 9.83. The minimum absolute atomic E-state index is 0.213. The lowest BCUT2D eigenvalue weighted by Gasteiger charge is -2.07. The number of nitrogens with zero attached hydrogens (tertiary/aromatic N) is 3. The lowest BCUT2D eigenvalue weighted by Crippen LogP contribution is -2.27. The average Bonchev–Trinajstić information content (AvgIpc) is 2.54.